The van der Waals surface area contributed by atoms with E-state index in [1.807, 2.05) is 49.4 Å². The fourth-order valence-corrected chi connectivity index (χ4v) is 2.10. The summed E-state index contributed by atoms with van der Waals surface area (Å²) in [6.45, 7) is 6.40. The monoisotopic (exact) mass is 309 g/mol. The van der Waals surface area contributed by atoms with Gasteiger partial charge in [-0.1, -0.05) is 56.3 Å². The van der Waals surface area contributed by atoms with Gasteiger partial charge < -0.3 is 5.32 Å². The van der Waals surface area contributed by atoms with Crippen molar-refractivity contribution < 1.29 is 4.79 Å². The van der Waals surface area contributed by atoms with E-state index < -0.39 is 0 Å². The predicted molar refractivity (Wildman–Crippen MR) is 95.8 cm³/mol. The van der Waals surface area contributed by atoms with E-state index in [1.54, 1.807) is 0 Å². The summed E-state index contributed by atoms with van der Waals surface area (Å²) in [4.78, 5) is 11.8. The van der Waals surface area contributed by atoms with Crippen LogP contribution in [-0.4, -0.2) is 18.2 Å². The maximum atomic E-state index is 11.8. The third kappa shape index (κ3) is 5.25. The zero-order chi connectivity index (χ0) is 16.7. The van der Waals surface area contributed by atoms with Crippen molar-refractivity contribution in [3.8, 4) is 0 Å². The SMILES string of the molecule is C/C(=N/NC(=O)CNc1ccccc1)c1ccc(C(C)C)cc1. The lowest BCUT2D eigenvalue weighted by atomic mass is 10.0. The molecule has 2 aromatic rings. The highest BCUT2D eigenvalue weighted by Crippen LogP contribution is 2.15. The van der Waals surface area contributed by atoms with Crippen LogP contribution in [0.15, 0.2) is 59.7 Å². The number of hydrogen-bond acceptors (Lipinski definition) is 3. The minimum atomic E-state index is -0.174. The Kier molecular flexibility index (Phi) is 5.92. The molecule has 0 atom stereocenters. The van der Waals surface area contributed by atoms with Gasteiger partial charge in [0.2, 0.25) is 0 Å². The number of nitrogens with zero attached hydrogens (tertiary/aromatic N) is 1. The zero-order valence-corrected chi connectivity index (χ0v) is 13.8. The van der Waals surface area contributed by atoms with Crippen LogP contribution in [-0.2, 0) is 4.79 Å². The van der Waals surface area contributed by atoms with E-state index >= 15 is 0 Å². The maximum Gasteiger partial charge on any atom is 0.259 e. The van der Waals surface area contributed by atoms with Crippen molar-refractivity contribution in [1.82, 2.24) is 5.43 Å². The topological polar surface area (TPSA) is 53.5 Å². The van der Waals surface area contributed by atoms with Crippen molar-refractivity contribution in [2.75, 3.05) is 11.9 Å². The van der Waals surface area contributed by atoms with E-state index in [0.717, 1.165) is 17.0 Å². The van der Waals surface area contributed by atoms with Crippen molar-refractivity contribution in [3.63, 3.8) is 0 Å². The molecule has 4 heteroatoms. The Morgan fingerprint density at radius 1 is 1.04 bits per heavy atom. The van der Waals surface area contributed by atoms with Gasteiger partial charge >= 0.3 is 0 Å². The van der Waals surface area contributed by atoms with Crippen molar-refractivity contribution in [2.45, 2.75) is 26.7 Å². The second-order valence-corrected chi connectivity index (χ2v) is 5.73. The number of hydrazone groups is 1. The van der Waals surface area contributed by atoms with E-state index in [2.05, 4.69) is 41.8 Å². The molecule has 0 fully saturated rings. The van der Waals surface area contributed by atoms with Gasteiger partial charge in [-0.2, -0.15) is 5.10 Å². The Bertz CT molecular complexity index is 661. The molecule has 120 valence electrons. The van der Waals surface area contributed by atoms with Gasteiger partial charge in [-0.15, -0.1) is 0 Å². The molecular formula is C19H23N3O. The van der Waals surface area contributed by atoms with E-state index in [0.29, 0.717) is 5.92 Å². The molecule has 23 heavy (non-hydrogen) atoms. The molecular weight excluding hydrogens is 286 g/mol. The molecule has 0 spiro atoms. The van der Waals surface area contributed by atoms with Crippen LogP contribution in [0.2, 0.25) is 0 Å². The van der Waals surface area contributed by atoms with E-state index in [4.69, 9.17) is 0 Å². The Hall–Kier alpha value is -2.62. The van der Waals surface area contributed by atoms with Crippen LogP contribution in [0.3, 0.4) is 0 Å². The van der Waals surface area contributed by atoms with Crippen molar-refractivity contribution in [1.29, 1.82) is 0 Å². The first-order valence-corrected chi connectivity index (χ1v) is 7.78. The quantitative estimate of drug-likeness (QED) is 0.630. The van der Waals surface area contributed by atoms with Crippen molar-refractivity contribution in [3.05, 3.63) is 65.7 Å². The van der Waals surface area contributed by atoms with Gasteiger partial charge in [-0.3, -0.25) is 4.79 Å². The summed E-state index contributed by atoms with van der Waals surface area (Å²) in [7, 11) is 0. The number of amides is 1. The first-order valence-electron chi connectivity index (χ1n) is 7.78. The van der Waals surface area contributed by atoms with Crippen LogP contribution >= 0.6 is 0 Å². The highest BCUT2D eigenvalue weighted by Gasteiger charge is 2.03. The summed E-state index contributed by atoms with van der Waals surface area (Å²) < 4.78 is 0. The average Bonchev–Trinajstić information content (AvgIpc) is 2.58. The second kappa shape index (κ2) is 8.13. The summed E-state index contributed by atoms with van der Waals surface area (Å²) in [5.74, 6) is 0.331. The lowest BCUT2D eigenvalue weighted by molar-refractivity contribution is -0.119. The molecule has 2 rings (SSSR count). The third-order valence-electron chi connectivity index (χ3n) is 3.57. The fraction of sp³-hybridized carbons (Fsp3) is 0.263. The smallest absolute Gasteiger partial charge is 0.259 e. The maximum absolute atomic E-state index is 11.8. The Labute approximate surface area is 137 Å². The fourth-order valence-electron chi connectivity index (χ4n) is 2.10. The highest BCUT2D eigenvalue weighted by atomic mass is 16.2. The van der Waals surface area contributed by atoms with Gasteiger partial charge in [0, 0.05) is 5.69 Å². The summed E-state index contributed by atoms with van der Waals surface area (Å²) in [6, 6.07) is 17.9. The molecule has 0 bridgehead atoms. The van der Waals surface area contributed by atoms with Crippen LogP contribution in [0.25, 0.3) is 0 Å². The predicted octanol–water partition coefficient (Wildman–Crippen LogP) is 3.76. The van der Waals surface area contributed by atoms with Gasteiger partial charge in [-0.25, -0.2) is 5.43 Å². The molecule has 0 heterocycles. The molecule has 2 aromatic carbocycles. The normalized spacial score (nSPS) is 11.4. The molecule has 2 N–H and O–H groups in total. The van der Waals surface area contributed by atoms with E-state index in [1.165, 1.54) is 5.56 Å². The largest absolute Gasteiger partial charge is 0.376 e. The first kappa shape index (κ1) is 16.7. The van der Waals surface area contributed by atoms with Crippen LogP contribution in [0.1, 0.15) is 37.8 Å². The van der Waals surface area contributed by atoms with Crippen LogP contribution in [0, 0.1) is 0 Å². The molecule has 0 aliphatic carbocycles. The highest BCUT2D eigenvalue weighted by molar-refractivity contribution is 5.99. The number of hydrogen-bond donors (Lipinski definition) is 2. The lowest BCUT2D eigenvalue weighted by Gasteiger charge is -2.08. The number of benzene rings is 2. The first-order chi connectivity index (χ1) is 11.1. The average molecular weight is 309 g/mol. The molecule has 4 nitrogen and oxygen atoms in total. The molecule has 0 aromatic heterocycles. The molecule has 0 radical (unpaired) electrons. The van der Waals surface area contributed by atoms with Gasteiger partial charge in [0.25, 0.3) is 5.91 Å². The number of anilines is 1. The summed E-state index contributed by atoms with van der Waals surface area (Å²) in [5.41, 5.74) is 6.57. The lowest BCUT2D eigenvalue weighted by Crippen LogP contribution is -2.26. The van der Waals surface area contributed by atoms with Crippen LogP contribution < -0.4 is 10.7 Å². The van der Waals surface area contributed by atoms with Crippen LogP contribution in [0.5, 0.6) is 0 Å². The number of carbonyl (C=O) groups excluding carboxylic acids is 1. The minimum absolute atomic E-state index is 0.174. The van der Waals surface area contributed by atoms with Crippen molar-refractivity contribution in [2.24, 2.45) is 5.10 Å². The molecule has 0 saturated heterocycles. The number of nitrogens with one attached hydrogen (secondary N) is 2. The zero-order valence-electron chi connectivity index (χ0n) is 13.8. The Balaban J connectivity index is 1.87. The standard InChI is InChI=1S/C19H23N3O/c1-14(2)16-9-11-17(12-10-16)15(3)21-22-19(23)13-20-18-7-5-4-6-8-18/h4-12,14,20H,13H2,1-3H3,(H,22,23)/b21-15-. The van der Waals surface area contributed by atoms with Gasteiger partial charge in [0.1, 0.15) is 0 Å². The molecule has 0 saturated carbocycles. The summed E-state index contributed by atoms with van der Waals surface area (Å²) in [6.07, 6.45) is 0. The number of rotatable bonds is 6. The van der Waals surface area contributed by atoms with Gasteiger partial charge in [0.05, 0.1) is 12.3 Å². The molecule has 0 aliphatic heterocycles. The van der Waals surface area contributed by atoms with Crippen molar-refractivity contribution >= 4 is 17.3 Å². The number of para-hydroxylation sites is 1. The molecule has 1 amide bonds. The molecule has 0 aliphatic rings. The minimum Gasteiger partial charge on any atom is -0.376 e. The Morgan fingerprint density at radius 2 is 1.70 bits per heavy atom. The Morgan fingerprint density at radius 3 is 2.30 bits per heavy atom. The van der Waals surface area contributed by atoms with Crippen LogP contribution in [0.4, 0.5) is 5.69 Å². The molecule has 0 unspecified atom stereocenters. The van der Waals surface area contributed by atoms with Gasteiger partial charge in [-0.05, 0) is 36.1 Å². The summed E-state index contributed by atoms with van der Waals surface area (Å²) >= 11 is 0. The second-order valence-electron chi connectivity index (χ2n) is 5.73. The third-order valence-corrected chi connectivity index (χ3v) is 3.57. The van der Waals surface area contributed by atoms with E-state index in [9.17, 15) is 4.79 Å². The summed E-state index contributed by atoms with van der Waals surface area (Å²) in [5, 5.41) is 7.20. The van der Waals surface area contributed by atoms with E-state index in [-0.39, 0.29) is 12.5 Å². The number of carbonyl (C=O) groups is 1. The van der Waals surface area contributed by atoms with Gasteiger partial charge in [0.15, 0.2) is 0 Å².